The highest BCUT2D eigenvalue weighted by molar-refractivity contribution is 9.10. The third kappa shape index (κ3) is 2.86. The third-order valence-corrected chi connectivity index (χ3v) is 5.66. The van der Waals surface area contributed by atoms with Crippen LogP contribution in [0.25, 0.3) is 0 Å². The van der Waals surface area contributed by atoms with E-state index in [-0.39, 0.29) is 5.91 Å². The van der Waals surface area contributed by atoms with E-state index < -0.39 is 0 Å². The first-order valence-corrected chi connectivity index (χ1v) is 7.97. The van der Waals surface area contributed by atoms with Gasteiger partial charge < -0.3 is 5.32 Å². The van der Waals surface area contributed by atoms with E-state index in [0.717, 1.165) is 27.6 Å². The molecule has 0 aliphatic heterocycles. The lowest BCUT2D eigenvalue weighted by atomic mass is 9.86. The number of anilines is 1. The van der Waals surface area contributed by atoms with E-state index in [0.29, 0.717) is 12.3 Å². The van der Waals surface area contributed by atoms with Crippen LogP contribution < -0.4 is 5.32 Å². The van der Waals surface area contributed by atoms with Gasteiger partial charge in [0, 0.05) is 16.6 Å². The Balaban J connectivity index is 1.57. The molecule has 0 spiro atoms. The molecule has 2 nitrogen and oxygen atoms in total. The number of rotatable bonds is 3. The lowest BCUT2D eigenvalue weighted by Crippen LogP contribution is -2.20. The van der Waals surface area contributed by atoms with Crippen LogP contribution in [-0.2, 0) is 4.79 Å². The van der Waals surface area contributed by atoms with Gasteiger partial charge >= 0.3 is 0 Å². The molecule has 3 rings (SSSR count). The lowest BCUT2D eigenvalue weighted by molar-refractivity contribution is -0.117. The lowest BCUT2D eigenvalue weighted by Gasteiger charge is -2.21. The number of hydrogen-bond donors (Lipinski definition) is 1. The van der Waals surface area contributed by atoms with Gasteiger partial charge in [0.25, 0.3) is 0 Å². The second-order valence-corrected chi connectivity index (χ2v) is 7.01. The van der Waals surface area contributed by atoms with E-state index in [1.54, 1.807) is 0 Å². The first-order chi connectivity index (χ1) is 9.11. The summed E-state index contributed by atoms with van der Waals surface area (Å²) in [7, 11) is 0. The first-order valence-electron chi connectivity index (χ1n) is 7.18. The molecule has 2 bridgehead atoms. The highest BCUT2D eigenvalue weighted by atomic mass is 79.9. The number of hydrogen-bond acceptors (Lipinski definition) is 1. The van der Waals surface area contributed by atoms with Crippen molar-refractivity contribution < 1.29 is 4.79 Å². The fourth-order valence-corrected chi connectivity index (χ4v) is 4.05. The summed E-state index contributed by atoms with van der Waals surface area (Å²) in [4.78, 5) is 12.1. The van der Waals surface area contributed by atoms with Crippen LogP contribution >= 0.6 is 15.9 Å². The Hall–Kier alpha value is -0.830. The van der Waals surface area contributed by atoms with Crippen LogP contribution in [0, 0.1) is 24.7 Å². The molecular formula is C16H20BrNO. The van der Waals surface area contributed by atoms with E-state index in [2.05, 4.69) is 21.2 Å². The van der Waals surface area contributed by atoms with Gasteiger partial charge in [-0.05, 0) is 67.7 Å². The molecule has 1 aromatic rings. The summed E-state index contributed by atoms with van der Waals surface area (Å²) < 4.78 is 1.08. The predicted molar refractivity (Wildman–Crippen MR) is 81.1 cm³/mol. The van der Waals surface area contributed by atoms with Gasteiger partial charge in [-0.25, -0.2) is 0 Å². The number of benzene rings is 1. The Bertz CT molecular complexity index is 500. The molecule has 3 atom stereocenters. The minimum Gasteiger partial charge on any atom is -0.326 e. The summed E-state index contributed by atoms with van der Waals surface area (Å²) in [5, 5.41) is 3.04. The number of halogens is 1. The molecule has 102 valence electrons. The molecule has 2 saturated carbocycles. The number of aryl methyl sites for hydroxylation is 1. The van der Waals surface area contributed by atoms with Crippen molar-refractivity contribution >= 4 is 27.5 Å². The van der Waals surface area contributed by atoms with E-state index in [1.165, 1.54) is 25.7 Å². The maximum atomic E-state index is 12.1. The largest absolute Gasteiger partial charge is 0.326 e. The van der Waals surface area contributed by atoms with Gasteiger partial charge in [0.1, 0.15) is 0 Å². The normalized spacial score (nSPS) is 28.6. The van der Waals surface area contributed by atoms with Gasteiger partial charge in [-0.2, -0.15) is 0 Å². The maximum absolute atomic E-state index is 12.1. The predicted octanol–water partition coefficient (Wildman–Crippen LogP) is 4.52. The average Bonchev–Trinajstić information content (AvgIpc) is 2.96. The standard InChI is InChI=1S/C16H20BrNO/c1-10-6-14(4-5-15(10)17)18-16(19)9-13-8-11-2-3-12(13)7-11/h4-6,11-13H,2-3,7-9H2,1H3,(H,18,19)/t11-,12+,13-/m0/s1. The van der Waals surface area contributed by atoms with Crippen molar-refractivity contribution in [2.45, 2.75) is 39.0 Å². The van der Waals surface area contributed by atoms with Gasteiger partial charge in [-0.15, -0.1) is 0 Å². The molecule has 19 heavy (non-hydrogen) atoms. The molecule has 0 unspecified atom stereocenters. The molecule has 2 fully saturated rings. The van der Waals surface area contributed by atoms with Crippen LogP contribution in [-0.4, -0.2) is 5.91 Å². The topological polar surface area (TPSA) is 29.1 Å². The van der Waals surface area contributed by atoms with Crippen LogP contribution in [0.3, 0.4) is 0 Å². The van der Waals surface area contributed by atoms with E-state index >= 15 is 0 Å². The molecule has 2 aliphatic carbocycles. The summed E-state index contributed by atoms with van der Waals surface area (Å²) in [6, 6.07) is 5.96. The molecule has 0 radical (unpaired) electrons. The highest BCUT2D eigenvalue weighted by Crippen LogP contribution is 2.49. The summed E-state index contributed by atoms with van der Waals surface area (Å²) in [5.41, 5.74) is 2.06. The van der Waals surface area contributed by atoms with Gasteiger partial charge in [0.15, 0.2) is 0 Å². The third-order valence-electron chi connectivity index (χ3n) is 4.77. The van der Waals surface area contributed by atoms with Crippen LogP contribution in [0.4, 0.5) is 5.69 Å². The first kappa shape index (κ1) is 13.2. The molecule has 0 heterocycles. The number of carbonyl (C=O) groups excluding carboxylic acids is 1. The molecule has 0 aromatic heterocycles. The highest BCUT2D eigenvalue weighted by Gasteiger charge is 2.40. The van der Waals surface area contributed by atoms with Crippen LogP contribution in [0.2, 0.25) is 0 Å². The Morgan fingerprint density at radius 3 is 2.84 bits per heavy atom. The molecule has 2 aliphatic rings. The minimum atomic E-state index is 0.180. The second kappa shape index (κ2) is 5.28. The SMILES string of the molecule is Cc1cc(NC(=O)C[C@@H]2C[C@H]3CC[C@@H]2C3)ccc1Br. The average molecular weight is 322 g/mol. The van der Waals surface area contributed by atoms with Gasteiger partial charge in [0.2, 0.25) is 5.91 Å². The Kier molecular flexibility index (Phi) is 3.66. The summed E-state index contributed by atoms with van der Waals surface area (Å²) in [6.45, 7) is 2.04. The smallest absolute Gasteiger partial charge is 0.224 e. The second-order valence-electron chi connectivity index (χ2n) is 6.15. The number of fused-ring (bicyclic) bond motifs is 2. The number of amides is 1. The molecule has 3 heteroatoms. The zero-order valence-electron chi connectivity index (χ0n) is 11.3. The zero-order valence-corrected chi connectivity index (χ0v) is 12.9. The molecule has 0 saturated heterocycles. The van der Waals surface area contributed by atoms with E-state index in [9.17, 15) is 4.79 Å². The molecule has 1 amide bonds. The van der Waals surface area contributed by atoms with Crippen molar-refractivity contribution in [1.29, 1.82) is 0 Å². The number of carbonyl (C=O) groups is 1. The fraction of sp³-hybridized carbons (Fsp3) is 0.562. The van der Waals surface area contributed by atoms with Crippen molar-refractivity contribution in [1.82, 2.24) is 0 Å². The van der Waals surface area contributed by atoms with Crippen molar-refractivity contribution in [2.24, 2.45) is 17.8 Å². The Labute approximate surface area is 123 Å². The van der Waals surface area contributed by atoms with Gasteiger partial charge in [-0.3, -0.25) is 4.79 Å². The van der Waals surface area contributed by atoms with Gasteiger partial charge in [0.05, 0.1) is 0 Å². The van der Waals surface area contributed by atoms with Crippen molar-refractivity contribution in [3.63, 3.8) is 0 Å². The summed E-state index contributed by atoms with van der Waals surface area (Å²) in [5.74, 6) is 2.55. The van der Waals surface area contributed by atoms with E-state index in [1.807, 2.05) is 25.1 Å². The Morgan fingerprint density at radius 1 is 1.37 bits per heavy atom. The minimum absolute atomic E-state index is 0.180. The molecular weight excluding hydrogens is 302 g/mol. The van der Waals surface area contributed by atoms with Crippen LogP contribution in [0.5, 0.6) is 0 Å². The monoisotopic (exact) mass is 321 g/mol. The van der Waals surface area contributed by atoms with Crippen molar-refractivity contribution in [3.8, 4) is 0 Å². The molecule has 1 N–H and O–H groups in total. The van der Waals surface area contributed by atoms with Crippen molar-refractivity contribution in [2.75, 3.05) is 5.32 Å². The van der Waals surface area contributed by atoms with Crippen LogP contribution in [0.1, 0.15) is 37.7 Å². The van der Waals surface area contributed by atoms with E-state index in [4.69, 9.17) is 0 Å². The van der Waals surface area contributed by atoms with Gasteiger partial charge in [-0.1, -0.05) is 22.4 Å². The quantitative estimate of drug-likeness (QED) is 0.871. The van der Waals surface area contributed by atoms with Crippen LogP contribution in [0.15, 0.2) is 22.7 Å². The molecule has 1 aromatic carbocycles. The summed E-state index contributed by atoms with van der Waals surface area (Å²) >= 11 is 3.48. The Morgan fingerprint density at radius 2 is 2.21 bits per heavy atom. The zero-order chi connectivity index (χ0) is 13.4. The maximum Gasteiger partial charge on any atom is 0.224 e. The fourth-order valence-electron chi connectivity index (χ4n) is 3.80. The number of nitrogens with one attached hydrogen (secondary N) is 1. The van der Waals surface area contributed by atoms with Crippen molar-refractivity contribution in [3.05, 3.63) is 28.2 Å². The summed E-state index contributed by atoms with van der Waals surface area (Å²) in [6.07, 6.45) is 6.10.